The summed E-state index contributed by atoms with van der Waals surface area (Å²) in [6.45, 7) is 8.00. The van der Waals surface area contributed by atoms with Gasteiger partial charge < -0.3 is 19.3 Å². The third kappa shape index (κ3) is 6.78. The summed E-state index contributed by atoms with van der Waals surface area (Å²) in [6, 6.07) is 0. The van der Waals surface area contributed by atoms with Crippen molar-refractivity contribution >= 4 is 11.9 Å². The summed E-state index contributed by atoms with van der Waals surface area (Å²) in [5.41, 5.74) is 0. The Labute approximate surface area is 142 Å². The van der Waals surface area contributed by atoms with Gasteiger partial charge in [0.25, 0.3) is 5.97 Å². The van der Waals surface area contributed by atoms with Gasteiger partial charge in [-0.05, 0) is 5.92 Å². The van der Waals surface area contributed by atoms with E-state index in [0.717, 1.165) is 0 Å². The third-order valence-corrected chi connectivity index (χ3v) is 2.82. The molecule has 0 bridgehead atoms. The van der Waals surface area contributed by atoms with Crippen LogP contribution in [0.2, 0.25) is 0 Å². The second-order valence-electron chi connectivity index (χ2n) is 4.49. The number of hydrogen-bond donors (Lipinski definition) is 1. The molecule has 3 atom stereocenters. The Balaban J connectivity index is 0.00000361. The molecule has 1 saturated heterocycles. The van der Waals surface area contributed by atoms with E-state index in [1.807, 2.05) is 6.92 Å². The van der Waals surface area contributed by atoms with E-state index in [9.17, 15) is 9.59 Å². The van der Waals surface area contributed by atoms with Gasteiger partial charge in [-0.15, -0.1) is 0 Å². The molecule has 1 aliphatic rings. The molecule has 1 fully saturated rings. The van der Waals surface area contributed by atoms with Crippen molar-refractivity contribution in [1.82, 2.24) is 0 Å². The second-order valence-corrected chi connectivity index (χ2v) is 4.49. The van der Waals surface area contributed by atoms with Crippen LogP contribution in [0, 0.1) is 43.6 Å². The van der Waals surface area contributed by atoms with Crippen LogP contribution < -0.4 is 0 Å². The number of carbonyl (C=O) groups is 2. The van der Waals surface area contributed by atoms with Crippen molar-refractivity contribution in [2.75, 3.05) is 6.61 Å². The first-order chi connectivity index (χ1) is 8.90. The number of aliphatic hydroxyl groups is 1. The number of rotatable bonds is 6. The molecule has 1 rings (SSSR count). The van der Waals surface area contributed by atoms with E-state index >= 15 is 0 Å². The first kappa shape index (κ1) is 19.5. The Morgan fingerprint density at radius 3 is 2.60 bits per heavy atom. The van der Waals surface area contributed by atoms with Crippen LogP contribution >= 0.6 is 0 Å². The number of ether oxygens (including phenoxy) is 3. The van der Waals surface area contributed by atoms with E-state index in [-0.39, 0.29) is 74.3 Å². The fourth-order valence-electron chi connectivity index (χ4n) is 1.65. The molecule has 0 radical (unpaired) electrons. The maximum atomic E-state index is 11.3. The molecule has 7 heteroatoms. The molecule has 0 saturated carbocycles. The largest absolute Gasteiger partial charge is 0.544 e. The number of aliphatic hydroxyl groups excluding tert-OH is 1. The molecule has 112 valence electrons. The average Bonchev–Trinajstić information content (AvgIpc) is 2.65. The molecule has 0 aliphatic carbocycles. The standard InChI is InChI=1S/C13H19O6.U/c1-8(14)4-5-13(16)18-6-11-9(2)12(7-17-11)19-10(3)15;/h7,9,11-12,14H,1,4-6H2,2-3H3;/q-1;. The first-order valence-corrected chi connectivity index (χ1v) is 6.08. The van der Waals surface area contributed by atoms with Crippen molar-refractivity contribution < 1.29 is 60.0 Å². The zero-order chi connectivity index (χ0) is 14.4. The fraction of sp³-hybridized carbons (Fsp3) is 0.615. The second kappa shape index (κ2) is 9.43. The predicted molar refractivity (Wildman–Crippen MR) is 65.9 cm³/mol. The molecule has 0 spiro atoms. The van der Waals surface area contributed by atoms with Gasteiger partial charge in [0.2, 0.25) is 0 Å². The molecule has 3 unspecified atom stereocenters. The fourth-order valence-corrected chi connectivity index (χ4v) is 1.65. The third-order valence-electron chi connectivity index (χ3n) is 2.82. The van der Waals surface area contributed by atoms with Crippen LogP contribution in [-0.2, 0) is 23.8 Å². The minimum absolute atomic E-state index is 0. The Morgan fingerprint density at radius 1 is 1.40 bits per heavy atom. The molecule has 6 nitrogen and oxygen atoms in total. The summed E-state index contributed by atoms with van der Waals surface area (Å²) in [5, 5.41) is 8.86. The molecule has 1 heterocycles. The van der Waals surface area contributed by atoms with Crippen molar-refractivity contribution in [2.24, 2.45) is 5.92 Å². The normalized spacial score (nSPS) is 24.6. The summed E-state index contributed by atoms with van der Waals surface area (Å²) >= 11 is 0. The van der Waals surface area contributed by atoms with Crippen molar-refractivity contribution in [1.29, 1.82) is 0 Å². The number of allylic oxidation sites excluding steroid dienone is 1. The Hall–Kier alpha value is -0.508. The minimum atomic E-state index is -0.429. The van der Waals surface area contributed by atoms with E-state index < -0.39 is 12.1 Å². The van der Waals surface area contributed by atoms with Gasteiger partial charge in [0.05, 0.1) is 18.3 Å². The van der Waals surface area contributed by atoms with Gasteiger partial charge in [0.15, 0.2) is 0 Å². The van der Waals surface area contributed by atoms with Crippen LogP contribution in [0.1, 0.15) is 26.7 Å². The van der Waals surface area contributed by atoms with E-state index in [1.165, 1.54) is 13.5 Å². The molecular formula is C13H19O6U-. The number of hydrogen-bond acceptors (Lipinski definition) is 6. The van der Waals surface area contributed by atoms with Gasteiger partial charge in [-0.3, -0.25) is 9.59 Å². The monoisotopic (exact) mass is 509 g/mol. The number of carbonyl (C=O) groups excluding carboxylic acids is 2. The first-order valence-electron chi connectivity index (χ1n) is 6.08. The Kier molecular flexibility index (Phi) is 9.19. The van der Waals surface area contributed by atoms with E-state index in [0.29, 0.717) is 0 Å². The van der Waals surface area contributed by atoms with Gasteiger partial charge in [-0.2, -0.15) is 6.61 Å². The maximum absolute atomic E-state index is 11.3. The van der Waals surface area contributed by atoms with E-state index in [2.05, 4.69) is 6.58 Å². The molecular weight excluding hydrogens is 490 g/mol. The molecule has 0 aromatic rings. The zero-order valence-corrected chi connectivity index (χ0v) is 15.8. The van der Waals surface area contributed by atoms with Crippen LogP contribution in [0.15, 0.2) is 12.3 Å². The topological polar surface area (TPSA) is 82.1 Å². The van der Waals surface area contributed by atoms with Gasteiger partial charge in [-0.1, -0.05) is 13.5 Å². The predicted octanol–water partition coefficient (Wildman–Crippen LogP) is 1.51. The van der Waals surface area contributed by atoms with E-state index in [4.69, 9.17) is 19.3 Å². The summed E-state index contributed by atoms with van der Waals surface area (Å²) in [4.78, 5) is 22.2. The van der Waals surface area contributed by atoms with Crippen molar-refractivity contribution in [3.8, 4) is 0 Å². The van der Waals surface area contributed by atoms with E-state index in [1.54, 1.807) is 0 Å². The SMILES string of the molecule is C=C(O)CCC(=O)OCC1O[CH-]C(OC(C)=O)C1C.[U]. The minimum Gasteiger partial charge on any atom is -0.544 e. The van der Waals surface area contributed by atoms with Gasteiger partial charge in [-0.25, -0.2) is 0 Å². The maximum Gasteiger partial charge on any atom is 0.306 e. The Morgan fingerprint density at radius 2 is 2.05 bits per heavy atom. The van der Waals surface area contributed by atoms with Crippen molar-refractivity contribution in [3.05, 3.63) is 18.9 Å². The smallest absolute Gasteiger partial charge is 0.306 e. The summed E-state index contributed by atoms with van der Waals surface area (Å²) < 4.78 is 15.4. The summed E-state index contributed by atoms with van der Waals surface area (Å²) in [7, 11) is 0. The van der Waals surface area contributed by atoms with Gasteiger partial charge in [0.1, 0.15) is 6.61 Å². The van der Waals surface area contributed by atoms with Crippen molar-refractivity contribution in [3.63, 3.8) is 0 Å². The van der Waals surface area contributed by atoms with Crippen LogP contribution in [-0.4, -0.2) is 35.9 Å². The van der Waals surface area contributed by atoms with Crippen molar-refractivity contribution in [2.45, 2.75) is 38.9 Å². The van der Waals surface area contributed by atoms with Crippen LogP contribution in [0.5, 0.6) is 0 Å². The quantitative estimate of drug-likeness (QED) is 0.332. The molecule has 1 aliphatic heterocycles. The molecule has 0 amide bonds. The average molecular weight is 509 g/mol. The van der Waals surface area contributed by atoms with Crippen LogP contribution in [0.4, 0.5) is 0 Å². The molecule has 0 aromatic carbocycles. The van der Waals surface area contributed by atoms with Crippen LogP contribution in [0.25, 0.3) is 0 Å². The van der Waals surface area contributed by atoms with Gasteiger partial charge >= 0.3 is 5.97 Å². The summed E-state index contributed by atoms with van der Waals surface area (Å²) in [6.07, 6.45) is -0.487. The molecule has 1 N–H and O–H groups in total. The molecule has 20 heavy (non-hydrogen) atoms. The van der Waals surface area contributed by atoms with Crippen LogP contribution in [0.3, 0.4) is 0 Å². The van der Waals surface area contributed by atoms with Gasteiger partial charge in [0, 0.05) is 50.6 Å². The number of esters is 2. The Bertz CT molecular complexity index is 357. The summed E-state index contributed by atoms with van der Waals surface area (Å²) in [5.74, 6) is -0.937. The molecule has 0 aromatic heterocycles. The zero-order valence-electron chi connectivity index (χ0n) is 11.6.